The second kappa shape index (κ2) is 8.35. The summed E-state index contributed by atoms with van der Waals surface area (Å²) < 4.78 is 5.34. The van der Waals surface area contributed by atoms with E-state index >= 15 is 0 Å². The molecule has 1 heterocycles. The Morgan fingerprint density at radius 3 is 2.56 bits per heavy atom. The lowest BCUT2D eigenvalue weighted by Gasteiger charge is -2.21. The summed E-state index contributed by atoms with van der Waals surface area (Å²) in [6.07, 6.45) is 5.18. The van der Waals surface area contributed by atoms with Gasteiger partial charge in [-0.05, 0) is 55.7 Å². The average molecular weight is 386 g/mol. The van der Waals surface area contributed by atoms with Gasteiger partial charge in [0.15, 0.2) is 5.11 Å². The molecule has 142 valence electrons. The van der Waals surface area contributed by atoms with E-state index in [0.717, 1.165) is 42.5 Å². The minimum absolute atomic E-state index is 0.0295. The molecule has 2 aromatic rings. The van der Waals surface area contributed by atoms with E-state index in [1.165, 1.54) is 12.5 Å². The molecular weight excluding hydrogens is 364 g/mol. The van der Waals surface area contributed by atoms with Crippen molar-refractivity contribution in [2.24, 2.45) is 5.92 Å². The molecule has 1 saturated carbocycles. The number of carbonyl (C=O) groups excluding carboxylic acids is 1. The standard InChI is InChI=1S/C20H22N2O4S/c1-12-7-8-14(16-9-10-17(26-16)19(24)25)11-15(12)21-20(27)22-18(23)13-5-3-2-4-6-13/h7-11,13H,2-6H2,1H3,(H,24,25)(H2,21,22,23,27). The molecule has 27 heavy (non-hydrogen) atoms. The summed E-state index contributed by atoms with van der Waals surface area (Å²) in [6.45, 7) is 1.92. The number of furan rings is 1. The van der Waals surface area contributed by atoms with Gasteiger partial charge in [0.2, 0.25) is 11.7 Å². The summed E-state index contributed by atoms with van der Waals surface area (Å²) in [4.78, 5) is 23.3. The van der Waals surface area contributed by atoms with E-state index in [9.17, 15) is 9.59 Å². The predicted octanol–water partition coefficient (Wildman–Crippen LogP) is 4.35. The van der Waals surface area contributed by atoms with Gasteiger partial charge < -0.3 is 20.2 Å². The number of amides is 1. The summed E-state index contributed by atoms with van der Waals surface area (Å²) in [6, 6.07) is 8.57. The number of benzene rings is 1. The second-order valence-electron chi connectivity index (χ2n) is 6.78. The SMILES string of the molecule is Cc1ccc(-c2ccc(C(=O)O)o2)cc1NC(=S)NC(=O)C1CCCCC1. The molecule has 1 aliphatic carbocycles. The van der Waals surface area contributed by atoms with E-state index in [-0.39, 0.29) is 22.7 Å². The van der Waals surface area contributed by atoms with Crippen LogP contribution in [-0.4, -0.2) is 22.1 Å². The van der Waals surface area contributed by atoms with Gasteiger partial charge in [0.25, 0.3) is 0 Å². The third-order valence-electron chi connectivity index (χ3n) is 4.80. The van der Waals surface area contributed by atoms with Crippen LogP contribution in [0.2, 0.25) is 0 Å². The molecule has 0 radical (unpaired) electrons. The highest BCUT2D eigenvalue weighted by molar-refractivity contribution is 7.80. The van der Waals surface area contributed by atoms with Gasteiger partial charge in [0.05, 0.1) is 0 Å². The van der Waals surface area contributed by atoms with Crippen molar-refractivity contribution < 1.29 is 19.1 Å². The average Bonchev–Trinajstić information content (AvgIpc) is 3.14. The van der Waals surface area contributed by atoms with Gasteiger partial charge in [-0.1, -0.05) is 31.4 Å². The monoisotopic (exact) mass is 386 g/mol. The maximum absolute atomic E-state index is 12.3. The first-order chi connectivity index (χ1) is 12.9. The maximum atomic E-state index is 12.3. The van der Waals surface area contributed by atoms with Crippen LogP contribution in [0.1, 0.15) is 48.2 Å². The Morgan fingerprint density at radius 2 is 1.89 bits per heavy atom. The van der Waals surface area contributed by atoms with Crippen LogP contribution < -0.4 is 10.6 Å². The first-order valence-electron chi connectivity index (χ1n) is 9.00. The van der Waals surface area contributed by atoms with Crippen molar-refractivity contribution in [2.75, 3.05) is 5.32 Å². The summed E-state index contributed by atoms with van der Waals surface area (Å²) >= 11 is 5.30. The zero-order valence-corrected chi connectivity index (χ0v) is 15.9. The number of thiocarbonyl (C=S) groups is 1. The number of aromatic carboxylic acids is 1. The molecule has 1 amide bonds. The normalized spacial score (nSPS) is 14.6. The maximum Gasteiger partial charge on any atom is 0.371 e. The molecule has 1 fully saturated rings. The molecule has 0 aliphatic heterocycles. The van der Waals surface area contributed by atoms with Gasteiger partial charge in [-0.25, -0.2) is 4.79 Å². The number of hydrogen-bond acceptors (Lipinski definition) is 4. The molecule has 1 aliphatic rings. The number of carboxylic acid groups (broad SMARTS) is 1. The minimum atomic E-state index is -1.11. The molecule has 0 unspecified atom stereocenters. The smallest absolute Gasteiger partial charge is 0.371 e. The number of aryl methyl sites for hydroxylation is 1. The lowest BCUT2D eigenvalue weighted by Crippen LogP contribution is -2.39. The topological polar surface area (TPSA) is 91.6 Å². The highest BCUT2D eigenvalue weighted by atomic mass is 32.1. The van der Waals surface area contributed by atoms with Gasteiger partial charge in [-0.3, -0.25) is 4.79 Å². The third kappa shape index (κ3) is 4.74. The fourth-order valence-electron chi connectivity index (χ4n) is 3.25. The van der Waals surface area contributed by atoms with Gasteiger partial charge in [-0.15, -0.1) is 0 Å². The van der Waals surface area contributed by atoms with Crippen molar-refractivity contribution in [3.63, 3.8) is 0 Å². The van der Waals surface area contributed by atoms with Crippen molar-refractivity contribution >= 4 is 34.9 Å². The molecular formula is C20H22N2O4S. The number of anilines is 1. The highest BCUT2D eigenvalue weighted by Crippen LogP contribution is 2.27. The van der Waals surface area contributed by atoms with Crippen LogP contribution in [-0.2, 0) is 4.79 Å². The fourth-order valence-corrected chi connectivity index (χ4v) is 3.46. The van der Waals surface area contributed by atoms with E-state index in [2.05, 4.69) is 10.6 Å². The van der Waals surface area contributed by atoms with E-state index in [1.807, 2.05) is 25.1 Å². The van der Waals surface area contributed by atoms with Gasteiger partial charge in [0.1, 0.15) is 5.76 Å². The van der Waals surface area contributed by atoms with Gasteiger partial charge >= 0.3 is 5.97 Å². The largest absolute Gasteiger partial charge is 0.475 e. The van der Waals surface area contributed by atoms with Crippen LogP contribution in [0.4, 0.5) is 5.69 Å². The predicted molar refractivity (Wildman–Crippen MR) is 107 cm³/mol. The lowest BCUT2D eigenvalue weighted by molar-refractivity contribution is -0.124. The summed E-state index contributed by atoms with van der Waals surface area (Å²) in [5.74, 6) is -0.775. The Morgan fingerprint density at radius 1 is 1.15 bits per heavy atom. The molecule has 0 bridgehead atoms. The van der Waals surface area contributed by atoms with Gasteiger partial charge in [-0.2, -0.15) is 0 Å². The molecule has 1 aromatic heterocycles. The fraction of sp³-hybridized carbons (Fsp3) is 0.350. The zero-order chi connectivity index (χ0) is 19.4. The van der Waals surface area contributed by atoms with E-state index < -0.39 is 5.97 Å². The Labute approximate surface area is 163 Å². The van der Waals surface area contributed by atoms with E-state index in [0.29, 0.717) is 5.76 Å². The molecule has 3 N–H and O–H groups in total. The molecule has 0 saturated heterocycles. The number of nitrogens with one attached hydrogen (secondary N) is 2. The van der Waals surface area contributed by atoms with Gasteiger partial charge in [0, 0.05) is 17.2 Å². The minimum Gasteiger partial charge on any atom is -0.475 e. The number of carbonyl (C=O) groups is 2. The van der Waals surface area contributed by atoms with Crippen molar-refractivity contribution in [3.05, 3.63) is 41.7 Å². The molecule has 7 heteroatoms. The van der Waals surface area contributed by atoms with E-state index in [4.69, 9.17) is 21.7 Å². The van der Waals surface area contributed by atoms with Crippen molar-refractivity contribution in [3.8, 4) is 11.3 Å². The van der Waals surface area contributed by atoms with Crippen LogP contribution in [0.5, 0.6) is 0 Å². The molecule has 0 atom stereocenters. The van der Waals surface area contributed by atoms with E-state index in [1.54, 1.807) is 6.07 Å². The first kappa shape index (κ1) is 19.1. The summed E-state index contributed by atoms with van der Waals surface area (Å²) in [5, 5.41) is 15.1. The molecule has 6 nitrogen and oxygen atoms in total. The lowest BCUT2D eigenvalue weighted by atomic mass is 9.89. The molecule has 0 spiro atoms. The molecule has 1 aromatic carbocycles. The van der Waals surface area contributed by atoms with Crippen LogP contribution in [0.25, 0.3) is 11.3 Å². The summed E-state index contributed by atoms with van der Waals surface area (Å²) in [5.41, 5.74) is 2.39. The molecule has 3 rings (SSSR count). The number of carboxylic acids is 1. The van der Waals surface area contributed by atoms with Crippen LogP contribution in [0.15, 0.2) is 34.7 Å². The quantitative estimate of drug-likeness (QED) is 0.677. The van der Waals surface area contributed by atoms with Crippen LogP contribution in [0.3, 0.4) is 0 Å². The number of rotatable bonds is 4. The third-order valence-corrected chi connectivity index (χ3v) is 5.00. The summed E-state index contributed by atoms with van der Waals surface area (Å²) in [7, 11) is 0. The Hall–Kier alpha value is -2.67. The van der Waals surface area contributed by atoms with Crippen molar-refractivity contribution in [1.29, 1.82) is 0 Å². The highest BCUT2D eigenvalue weighted by Gasteiger charge is 2.22. The number of hydrogen-bond donors (Lipinski definition) is 3. The van der Waals surface area contributed by atoms with Crippen molar-refractivity contribution in [1.82, 2.24) is 5.32 Å². The zero-order valence-electron chi connectivity index (χ0n) is 15.1. The van der Waals surface area contributed by atoms with Crippen molar-refractivity contribution in [2.45, 2.75) is 39.0 Å². The Kier molecular flexibility index (Phi) is 5.91. The Balaban J connectivity index is 1.69. The van der Waals surface area contributed by atoms with Crippen LogP contribution in [0, 0.1) is 12.8 Å². The second-order valence-corrected chi connectivity index (χ2v) is 7.19. The first-order valence-corrected chi connectivity index (χ1v) is 9.41. The Bertz CT molecular complexity index is 869. The van der Waals surface area contributed by atoms with Crippen LogP contribution >= 0.6 is 12.2 Å².